The van der Waals surface area contributed by atoms with Crippen LogP contribution in [0.4, 0.5) is 5.82 Å². The van der Waals surface area contributed by atoms with Crippen molar-refractivity contribution in [3.63, 3.8) is 0 Å². The molecule has 1 aromatic heterocycles. The number of anilines is 1. The molecule has 0 aliphatic carbocycles. The van der Waals surface area contributed by atoms with E-state index in [-0.39, 0.29) is 23.7 Å². The number of hydrogen-bond donors (Lipinski definition) is 2. The van der Waals surface area contributed by atoms with E-state index in [1.54, 1.807) is 11.0 Å². The van der Waals surface area contributed by atoms with Gasteiger partial charge in [0.15, 0.2) is 0 Å². The number of carbonyl (C=O) groups is 1. The lowest BCUT2D eigenvalue weighted by Gasteiger charge is -2.17. The van der Waals surface area contributed by atoms with Crippen molar-refractivity contribution in [3.8, 4) is 0 Å². The molecule has 0 spiro atoms. The summed E-state index contributed by atoms with van der Waals surface area (Å²) in [6.07, 6.45) is 1.31. The highest BCUT2D eigenvalue weighted by atomic mass is 35.5. The summed E-state index contributed by atoms with van der Waals surface area (Å²) in [4.78, 5) is 18.0. The number of rotatable bonds is 6. The Kier molecular flexibility index (Phi) is 6.05. The number of halogens is 1. The first-order valence-corrected chi connectivity index (χ1v) is 6.62. The number of nitrogens with zero attached hydrogens (tertiary/aromatic N) is 2. The van der Waals surface area contributed by atoms with Crippen LogP contribution < -0.4 is 10.2 Å². The monoisotopic (exact) mass is 285 g/mol. The SMILES string of the molecule is CCC(CCO)NC(=O)c1cc(Cl)nc(N(C)C)c1. The van der Waals surface area contributed by atoms with Crippen molar-refractivity contribution in [1.82, 2.24) is 10.3 Å². The van der Waals surface area contributed by atoms with Crippen molar-refractivity contribution in [3.05, 3.63) is 22.8 Å². The molecule has 6 heteroatoms. The molecule has 0 saturated carbocycles. The Morgan fingerprint density at radius 3 is 2.74 bits per heavy atom. The van der Waals surface area contributed by atoms with Gasteiger partial charge in [-0.15, -0.1) is 0 Å². The standard InChI is InChI=1S/C13H20ClN3O2/c1-4-10(5-6-18)15-13(19)9-7-11(14)16-12(8-9)17(2)3/h7-8,10,18H,4-6H2,1-3H3,(H,15,19). The van der Waals surface area contributed by atoms with Gasteiger partial charge >= 0.3 is 0 Å². The van der Waals surface area contributed by atoms with E-state index in [9.17, 15) is 4.79 Å². The third-order valence-corrected chi connectivity index (χ3v) is 3.00. The van der Waals surface area contributed by atoms with Crippen LogP contribution in [0, 0.1) is 0 Å². The van der Waals surface area contributed by atoms with Crippen LogP contribution in [0.1, 0.15) is 30.1 Å². The van der Waals surface area contributed by atoms with Crippen molar-refractivity contribution in [2.24, 2.45) is 0 Å². The van der Waals surface area contributed by atoms with Gasteiger partial charge in [0.05, 0.1) is 0 Å². The van der Waals surface area contributed by atoms with Gasteiger partial charge in [0.25, 0.3) is 5.91 Å². The normalized spacial score (nSPS) is 12.1. The largest absolute Gasteiger partial charge is 0.396 e. The van der Waals surface area contributed by atoms with Crippen LogP contribution in [0.5, 0.6) is 0 Å². The molecule has 0 aliphatic heterocycles. The van der Waals surface area contributed by atoms with Gasteiger partial charge in [0.1, 0.15) is 11.0 Å². The van der Waals surface area contributed by atoms with Crippen molar-refractivity contribution < 1.29 is 9.90 Å². The van der Waals surface area contributed by atoms with Gasteiger partial charge in [-0.1, -0.05) is 18.5 Å². The Labute approximate surface area is 118 Å². The summed E-state index contributed by atoms with van der Waals surface area (Å²) in [5.41, 5.74) is 0.472. The number of carbonyl (C=O) groups excluding carboxylic acids is 1. The lowest BCUT2D eigenvalue weighted by Crippen LogP contribution is -2.35. The van der Waals surface area contributed by atoms with E-state index in [1.807, 2.05) is 21.0 Å². The van der Waals surface area contributed by atoms with Crippen LogP contribution in [-0.2, 0) is 0 Å². The summed E-state index contributed by atoms with van der Waals surface area (Å²) in [5.74, 6) is 0.431. The van der Waals surface area contributed by atoms with E-state index in [0.717, 1.165) is 6.42 Å². The minimum atomic E-state index is -0.201. The zero-order valence-corrected chi connectivity index (χ0v) is 12.2. The number of hydrogen-bond acceptors (Lipinski definition) is 4. The number of pyridine rings is 1. The molecule has 19 heavy (non-hydrogen) atoms. The predicted molar refractivity (Wildman–Crippen MR) is 76.8 cm³/mol. The fraction of sp³-hybridized carbons (Fsp3) is 0.538. The summed E-state index contributed by atoms with van der Waals surface area (Å²) in [5, 5.41) is 12.1. The Bertz CT molecular complexity index is 438. The second-order valence-corrected chi connectivity index (χ2v) is 4.91. The van der Waals surface area contributed by atoms with E-state index < -0.39 is 0 Å². The lowest BCUT2D eigenvalue weighted by molar-refractivity contribution is 0.0929. The molecule has 1 rings (SSSR count). The average Bonchev–Trinajstić information content (AvgIpc) is 2.37. The number of aliphatic hydroxyl groups is 1. The second-order valence-electron chi connectivity index (χ2n) is 4.52. The van der Waals surface area contributed by atoms with Crippen LogP contribution in [0.3, 0.4) is 0 Å². The predicted octanol–water partition coefficient (Wildman–Crippen LogP) is 1.69. The van der Waals surface area contributed by atoms with Crippen LogP contribution >= 0.6 is 11.6 Å². The summed E-state index contributed by atoms with van der Waals surface area (Å²) < 4.78 is 0. The number of aliphatic hydroxyl groups excluding tert-OH is 1. The topological polar surface area (TPSA) is 65.5 Å². The van der Waals surface area contributed by atoms with Gasteiger partial charge in [-0.2, -0.15) is 0 Å². The fourth-order valence-electron chi connectivity index (χ4n) is 1.65. The molecule has 0 fully saturated rings. The molecule has 1 atom stereocenters. The molecule has 0 bridgehead atoms. The zero-order valence-electron chi connectivity index (χ0n) is 11.5. The molecule has 1 amide bonds. The van der Waals surface area contributed by atoms with Crippen molar-refractivity contribution in [2.75, 3.05) is 25.6 Å². The summed E-state index contributed by atoms with van der Waals surface area (Å²) >= 11 is 5.91. The maximum atomic E-state index is 12.1. The molecule has 1 heterocycles. The van der Waals surface area contributed by atoms with Crippen molar-refractivity contribution in [1.29, 1.82) is 0 Å². The molecular weight excluding hydrogens is 266 g/mol. The zero-order chi connectivity index (χ0) is 14.4. The first-order valence-electron chi connectivity index (χ1n) is 6.24. The quantitative estimate of drug-likeness (QED) is 0.781. The summed E-state index contributed by atoms with van der Waals surface area (Å²) in [7, 11) is 3.67. The molecule has 0 radical (unpaired) electrons. The van der Waals surface area contributed by atoms with Gasteiger partial charge in [-0.25, -0.2) is 4.98 Å². The number of aromatic nitrogens is 1. The average molecular weight is 286 g/mol. The number of nitrogens with one attached hydrogen (secondary N) is 1. The van der Waals surface area contributed by atoms with Crippen molar-refractivity contribution in [2.45, 2.75) is 25.8 Å². The minimum absolute atomic E-state index is 0.0350. The fourth-order valence-corrected chi connectivity index (χ4v) is 1.85. The molecule has 5 nitrogen and oxygen atoms in total. The maximum absolute atomic E-state index is 12.1. The van der Waals surface area contributed by atoms with Gasteiger partial charge in [0.2, 0.25) is 0 Å². The van der Waals surface area contributed by atoms with E-state index in [0.29, 0.717) is 17.8 Å². The van der Waals surface area contributed by atoms with Crippen LogP contribution in [0.15, 0.2) is 12.1 Å². The third kappa shape index (κ3) is 4.69. The Hall–Kier alpha value is -1.33. The van der Waals surface area contributed by atoms with Crippen LogP contribution in [-0.4, -0.2) is 42.7 Å². The van der Waals surface area contributed by atoms with Gasteiger partial charge < -0.3 is 15.3 Å². The van der Waals surface area contributed by atoms with E-state index in [1.165, 1.54) is 6.07 Å². The smallest absolute Gasteiger partial charge is 0.251 e. The highest BCUT2D eigenvalue weighted by Crippen LogP contribution is 2.16. The van der Waals surface area contributed by atoms with Gasteiger partial charge in [-0.05, 0) is 25.0 Å². The first-order chi connectivity index (χ1) is 8.97. The highest BCUT2D eigenvalue weighted by Gasteiger charge is 2.14. The highest BCUT2D eigenvalue weighted by molar-refractivity contribution is 6.29. The van der Waals surface area contributed by atoms with E-state index in [4.69, 9.17) is 16.7 Å². The van der Waals surface area contributed by atoms with E-state index in [2.05, 4.69) is 10.3 Å². The molecule has 0 aliphatic rings. The minimum Gasteiger partial charge on any atom is -0.396 e. The van der Waals surface area contributed by atoms with Crippen LogP contribution in [0.2, 0.25) is 5.15 Å². The number of amides is 1. The maximum Gasteiger partial charge on any atom is 0.251 e. The Morgan fingerprint density at radius 1 is 1.53 bits per heavy atom. The Morgan fingerprint density at radius 2 is 2.21 bits per heavy atom. The molecule has 1 aromatic rings. The molecule has 0 saturated heterocycles. The van der Waals surface area contributed by atoms with Crippen molar-refractivity contribution >= 4 is 23.3 Å². The Balaban J connectivity index is 2.87. The molecule has 2 N–H and O–H groups in total. The molecular formula is C13H20ClN3O2. The summed E-state index contributed by atoms with van der Waals surface area (Å²) in [6.45, 7) is 2.02. The molecule has 0 aromatic carbocycles. The third-order valence-electron chi connectivity index (χ3n) is 2.81. The molecule has 106 valence electrons. The van der Waals surface area contributed by atoms with E-state index >= 15 is 0 Å². The van der Waals surface area contributed by atoms with Crippen LogP contribution in [0.25, 0.3) is 0 Å². The van der Waals surface area contributed by atoms with Gasteiger partial charge in [-0.3, -0.25) is 4.79 Å². The van der Waals surface area contributed by atoms with Gasteiger partial charge in [0, 0.05) is 32.3 Å². The molecule has 1 unspecified atom stereocenters. The summed E-state index contributed by atoms with van der Waals surface area (Å²) in [6, 6.07) is 3.19. The lowest BCUT2D eigenvalue weighted by atomic mass is 10.1. The second kappa shape index (κ2) is 7.31. The first kappa shape index (κ1) is 15.7.